The fourth-order valence-corrected chi connectivity index (χ4v) is 3.32. The van der Waals surface area contributed by atoms with E-state index in [-0.39, 0.29) is 17.7 Å². The molecule has 2 amide bonds. The summed E-state index contributed by atoms with van der Waals surface area (Å²) in [4.78, 5) is 28.2. The van der Waals surface area contributed by atoms with Crippen LogP contribution >= 0.6 is 0 Å². The van der Waals surface area contributed by atoms with Gasteiger partial charge in [-0.1, -0.05) is 38.1 Å². The molecule has 132 valence electrons. The van der Waals surface area contributed by atoms with Crippen LogP contribution < -0.4 is 0 Å². The van der Waals surface area contributed by atoms with Crippen LogP contribution in [0.3, 0.4) is 0 Å². The van der Waals surface area contributed by atoms with Gasteiger partial charge < -0.3 is 9.80 Å². The van der Waals surface area contributed by atoms with Crippen molar-refractivity contribution < 1.29 is 9.59 Å². The molecule has 0 spiro atoms. The molecule has 0 bridgehead atoms. The maximum Gasteiger partial charge on any atom is 0.227 e. The number of amides is 2. The highest BCUT2D eigenvalue weighted by Crippen LogP contribution is 2.19. The second kappa shape index (κ2) is 8.32. The summed E-state index contributed by atoms with van der Waals surface area (Å²) in [5, 5.41) is 0. The van der Waals surface area contributed by atoms with Crippen LogP contribution in [0.25, 0.3) is 0 Å². The molecule has 1 aromatic carbocycles. The number of carbonyl (C=O) groups excluding carboxylic acids is 2. The van der Waals surface area contributed by atoms with Crippen molar-refractivity contribution in [2.45, 2.75) is 39.5 Å². The van der Waals surface area contributed by atoms with Crippen LogP contribution in [0.5, 0.6) is 0 Å². The SMILES string of the molecule is CC(C)Cc1ccc(CC(=O)N2CCC[C@H](C(=O)N(C)C)C2)cc1. The molecule has 4 heteroatoms. The summed E-state index contributed by atoms with van der Waals surface area (Å²) in [7, 11) is 3.56. The minimum absolute atomic E-state index is 0.0499. The van der Waals surface area contributed by atoms with E-state index >= 15 is 0 Å². The van der Waals surface area contributed by atoms with Crippen LogP contribution in [0, 0.1) is 11.8 Å². The summed E-state index contributed by atoms with van der Waals surface area (Å²) < 4.78 is 0. The van der Waals surface area contributed by atoms with E-state index in [0.29, 0.717) is 18.9 Å². The van der Waals surface area contributed by atoms with Crippen LogP contribution in [-0.4, -0.2) is 48.8 Å². The van der Waals surface area contributed by atoms with Crippen molar-refractivity contribution in [3.63, 3.8) is 0 Å². The van der Waals surface area contributed by atoms with Gasteiger partial charge in [0.2, 0.25) is 11.8 Å². The number of carbonyl (C=O) groups is 2. The fraction of sp³-hybridized carbons (Fsp3) is 0.600. The van der Waals surface area contributed by atoms with E-state index < -0.39 is 0 Å². The van der Waals surface area contributed by atoms with E-state index in [1.165, 1.54) is 5.56 Å². The number of likely N-dealkylation sites (tertiary alicyclic amines) is 1. The standard InChI is InChI=1S/C20H30N2O2/c1-15(2)12-16-7-9-17(10-8-16)13-19(23)22-11-5-6-18(14-22)20(24)21(3)4/h7-10,15,18H,5-6,11-14H2,1-4H3/t18-/m0/s1. The molecule has 0 unspecified atom stereocenters. The largest absolute Gasteiger partial charge is 0.349 e. The van der Waals surface area contributed by atoms with Crippen molar-refractivity contribution in [2.75, 3.05) is 27.2 Å². The minimum atomic E-state index is -0.0499. The first kappa shape index (κ1) is 18.5. The number of benzene rings is 1. The van der Waals surface area contributed by atoms with E-state index in [1.807, 2.05) is 4.90 Å². The molecule has 1 saturated heterocycles. The maximum atomic E-state index is 12.6. The van der Waals surface area contributed by atoms with Gasteiger partial charge in [-0.2, -0.15) is 0 Å². The third-order valence-corrected chi connectivity index (χ3v) is 4.59. The first-order valence-electron chi connectivity index (χ1n) is 8.93. The molecule has 0 radical (unpaired) electrons. The van der Waals surface area contributed by atoms with Gasteiger partial charge in [-0.25, -0.2) is 0 Å². The lowest BCUT2D eigenvalue weighted by molar-refractivity contribution is -0.138. The molecule has 4 nitrogen and oxygen atoms in total. The Morgan fingerprint density at radius 3 is 2.38 bits per heavy atom. The lowest BCUT2D eigenvalue weighted by Gasteiger charge is -2.33. The molecule has 2 rings (SSSR count). The first-order chi connectivity index (χ1) is 11.4. The summed E-state index contributed by atoms with van der Waals surface area (Å²) in [6.07, 6.45) is 3.27. The Labute approximate surface area is 145 Å². The van der Waals surface area contributed by atoms with E-state index in [0.717, 1.165) is 31.4 Å². The summed E-state index contributed by atoms with van der Waals surface area (Å²) in [6.45, 7) is 5.74. The Bertz CT molecular complexity index is 564. The van der Waals surface area contributed by atoms with Crippen molar-refractivity contribution in [1.29, 1.82) is 0 Å². The van der Waals surface area contributed by atoms with Crippen LogP contribution in [0.2, 0.25) is 0 Å². The first-order valence-corrected chi connectivity index (χ1v) is 8.93. The molecule has 0 aromatic heterocycles. The molecule has 1 fully saturated rings. The summed E-state index contributed by atoms with van der Waals surface area (Å²) >= 11 is 0. The zero-order valence-corrected chi connectivity index (χ0v) is 15.4. The number of nitrogens with zero attached hydrogens (tertiary/aromatic N) is 2. The Hall–Kier alpha value is -1.84. The van der Waals surface area contributed by atoms with Crippen molar-refractivity contribution in [3.05, 3.63) is 35.4 Å². The predicted molar refractivity (Wildman–Crippen MR) is 96.7 cm³/mol. The van der Waals surface area contributed by atoms with Crippen LogP contribution in [-0.2, 0) is 22.4 Å². The third-order valence-electron chi connectivity index (χ3n) is 4.59. The molecular formula is C20H30N2O2. The summed E-state index contributed by atoms with van der Waals surface area (Å²) in [5.41, 5.74) is 2.37. The van der Waals surface area contributed by atoms with E-state index in [4.69, 9.17) is 0 Å². The quantitative estimate of drug-likeness (QED) is 0.833. The third kappa shape index (κ3) is 5.08. The molecule has 0 aliphatic carbocycles. The molecule has 0 N–H and O–H groups in total. The molecule has 1 heterocycles. The van der Waals surface area contributed by atoms with Gasteiger partial charge in [0.05, 0.1) is 12.3 Å². The topological polar surface area (TPSA) is 40.6 Å². The normalized spacial score (nSPS) is 17.9. The second-order valence-electron chi connectivity index (χ2n) is 7.50. The van der Waals surface area contributed by atoms with Gasteiger partial charge in [0, 0.05) is 27.2 Å². The van der Waals surface area contributed by atoms with Crippen molar-refractivity contribution in [1.82, 2.24) is 9.80 Å². The second-order valence-corrected chi connectivity index (χ2v) is 7.50. The Balaban J connectivity index is 1.93. The van der Waals surface area contributed by atoms with E-state index in [9.17, 15) is 9.59 Å². The molecular weight excluding hydrogens is 300 g/mol. The number of rotatable bonds is 5. The average Bonchev–Trinajstić information content (AvgIpc) is 2.55. The Morgan fingerprint density at radius 1 is 1.17 bits per heavy atom. The lowest BCUT2D eigenvalue weighted by atomic mass is 9.96. The van der Waals surface area contributed by atoms with Gasteiger partial charge in [-0.05, 0) is 36.3 Å². The van der Waals surface area contributed by atoms with Gasteiger partial charge in [-0.15, -0.1) is 0 Å². The molecule has 0 saturated carbocycles. The van der Waals surface area contributed by atoms with Crippen LogP contribution in [0.4, 0.5) is 0 Å². The molecule has 24 heavy (non-hydrogen) atoms. The zero-order chi connectivity index (χ0) is 17.7. The monoisotopic (exact) mass is 330 g/mol. The predicted octanol–water partition coefficient (Wildman–Crippen LogP) is 2.75. The zero-order valence-electron chi connectivity index (χ0n) is 15.4. The molecule has 1 aromatic rings. The van der Waals surface area contributed by atoms with E-state index in [2.05, 4.69) is 38.1 Å². The lowest BCUT2D eigenvalue weighted by Crippen LogP contribution is -2.45. The molecule has 1 aliphatic heterocycles. The summed E-state index contributed by atoms with van der Waals surface area (Å²) in [5.74, 6) is 0.844. The minimum Gasteiger partial charge on any atom is -0.349 e. The van der Waals surface area contributed by atoms with Crippen molar-refractivity contribution in [2.24, 2.45) is 11.8 Å². The average molecular weight is 330 g/mol. The van der Waals surface area contributed by atoms with Crippen LogP contribution in [0.15, 0.2) is 24.3 Å². The van der Waals surface area contributed by atoms with Gasteiger partial charge >= 0.3 is 0 Å². The Kier molecular flexibility index (Phi) is 6.41. The maximum absolute atomic E-state index is 12.6. The van der Waals surface area contributed by atoms with Crippen LogP contribution in [0.1, 0.15) is 37.8 Å². The number of piperidine rings is 1. The van der Waals surface area contributed by atoms with Gasteiger partial charge in [0.1, 0.15) is 0 Å². The number of hydrogen-bond acceptors (Lipinski definition) is 2. The highest BCUT2D eigenvalue weighted by Gasteiger charge is 2.29. The molecule has 1 atom stereocenters. The smallest absolute Gasteiger partial charge is 0.227 e. The van der Waals surface area contributed by atoms with Crippen molar-refractivity contribution >= 4 is 11.8 Å². The Morgan fingerprint density at radius 2 is 1.79 bits per heavy atom. The summed E-state index contributed by atoms with van der Waals surface area (Å²) in [6, 6.07) is 8.36. The highest BCUT2D eigenvalue weighted by atomic mass is 16.2. The van der Waals surface area contributed by atoms with Gasteiger partial charge in [-0.3, -0.25) is 9.59 Å². The number of hydrogen-bond donors (Lipinski definition) is 0. The molecule has 1 aliphatic rings. The van der Waals surface area contributed by atoms with Crippen molar-refractivity contribution in [3.8, 4) is 0 Å². The fourth-order valence-electron chi connectivity index (χ4n) is 3.32. The van der Waals surface area contributed by atoms with Gasteiger partial charge in [0.15, 0.2) is 0 Å². The van der Waals surface area contributed by atoms with Gasteiger partial charge in [0.25, 0.3) is 0 Å². The highest BCUT2D eigenvalue weighted by molar-refractivity contribution is 5.82. The van der Waals surface area contributed by atoms with E-state index in [1.54, 1.807) is 19.0 Å².